The van der Waals surface area contributed by atoms with E-state index < -0.39 is 0 Å². The Morgan fingerprint density at radius 1 is 1.47 bits per heavy atom. The summed E-state index contributed by atoms with van der Waals surface area (Å²) in [6, 6.07) is 0.461. The van der Waals surface area contributed by atoms with Crippen molar-refractivity contribution in [2.24, 2.45) is 0 Å². The number of rotatable bonds is 5. The number of nitrogens with one attached hydrogen (secondary N) is 1. The molecule has 5 heteroatoms. The number of amides is 1. The van der Waals surface area contributed by atoms with Gasteiger partial charge in [0.1, 0.15) is 0 Å². The average molecular weight is 243 g/mol. The Kier molecular flexibility index (Phi) is 6.47. The van der Waals surface area contributed by atoms with Gasteiger partial charge in [-0.3, -0.25) is 9.69 Å². The zero-order valence-corrected chi connectivity index (χ0v) is 11.0. The van der Waals surface area contributed by atoms with Crippen molar-refractivity contribution in [3.63, 3.8) is 0 Å². The minimum Gasteiger partial charge on any atom is -0.395 e. The Balaban J connectivity index is 2.45. The van der Waals surface area contributed by atoms with Gasteiger partial charge in [0.05, 0.1) is 13.2 Å². The van der Waals surface area contributed by atoms with Crippen molar-refractivity contribution in [3.05, 3.63) is 0 Å². The lowest BCUT2D eigenvalue weighted by molar-refractivity contribution is -0.122. The van der Waals surface area contributed by atoms with E-state index in [0.29, 0.717) is 19.1 Å². The standard InChI is InChI=1S/C12H25N3O2/c1-3-11-9-14(2)6-4-7-15(11)10-12(17)13-5-8-16/h11,16H,3-10H2,1-2H3,(H,13,17). The highest BCUT2D eigenvalue weighted by Gasteiger charge is 2.23. The number of hydrogen-bond donors (Lipinski definition) is 2. The molecule has 2 N–H and O–H groups in total. The number of carbonyl (C=O) groups excluding carboxylic acids is 1. The van der Waals surface area contributed by atoms with Crippen LogP contribution in [0.2, 0.25) is 0 Å². The third-order valence-electron chi connectivity index (χ3n) is 3.28. The summed E-state index contributed by atoms with van der Waals surface area (Å²) in [5.41, 5.74) is 0. The largest absolute Gasteiger partial charge is 0.395 e. The first-order chi connectivity index (χ1) is 8.17. The Labute approximate surface area is 104 Å². The molecule has 1 atom stereocenters. The Hall–Kier alpha value is -0.650. The van der Waals surface area contributed by atoms with Gasteiger partial charge in [0.15, 0.2) is 0 Å². The number of carbonyl (C=O) groups is 1. The highest BCUT2D eigenvalue weighted by Crippen LogP contribution is 2.11. The first-order valence-electron chi connectivity index (χ1n) is 6.47. The molecule has 1 aliphatic rings. The van der Waals surface area contributed by atoms with Gasteiger partial charge >= 0.3 is 0 Å². The topological polar surface area (TPSA) is 55.8 Å². The fourth-order valence-electron chi connectivity index (χ4n) is 2.32. The van der Waals surface area contributed by atoms with E-state index in [1.807, 2.05) is 0 Å². The molecule has 0 aromatic carbocycles. The number of aliphatic hydroxyl groups is 1. The molecule has 0 bridgehead atoms. The van der Waals surface area contributed by atoms with Crippen LogP contribution in [0.15, 0.2) is 0 Å². The van der Waals surface area contributed by atoms with Crippen LogP contribution in [0.4, 0.5) is 0 Å². The van der Waals surface area contributed by atoms with Gasteiger partial charge in [-0.2, -0.15) is 0 Å². The molecule has 0 spiro atoms. The maximum absolute atomic E-state index is 11.6. The maximum atomic E-state index is 11.6. The summed E-state index contributed by atoms with van der Waals surface area (Å²) in [4.78, 5) is 16.2. The molecule has 1 amide bonds. The summed E-state index contributed by atoms with van der Waals surface area (Å²) in [5, 5.41) is 11.4. The summed E-state index contributed by atoms with van der Waals surface area (Å²) in [7, 11) is 2.14. The molecule has 0 aromatic rings. The fraction of sp³-hybridized carbons (Fsp3) is 0.917. The second-order valence-electron chi connectivity index (χ2n) is 4.72. The molecule has 1 rings (SSSR count). The van der Waals surface area contributed by atoms with E-state index in [9.17, 15) is 4.79 Å². The van der Waals surface area contributed by atoms with E-state index in [0.717, 1.165) is 32.5 Å². The summed E-state index contributed by atoms with van der Waals surface area (Å²) in [5.74, 6) is 0.0158. The molecular formula is C12H25N3O2. The van der Waals surface area contributed by atoms with Crippen molar-refractivity contribution < 1.29 is 9.90 Å². The van der Waals surface area contributed by atoms with Gasteiger partial charge in [-0.05, 0) is 26.4 Å². The van der Waals surface area contributed by atoms with Crippen LogP contribution in [0.25, 0.3) is 0 Å². The van der Waals surface area contributed by atoms with Crippen LogP contribution in [-0.4, -0.2) is 73.2 Å². The molecule has 0 saturated carbocycles. The van der Waals surface area contributed by atoms with Crippen LogP contribution in [0.1, 0.15) is 19.8 Å². The second-order valence-corrected chi connectivity index (χ2v) is 4.72. The van der Waals surface area contributed by atoms with Gasteiger partial charge in [0.2, 0.25) is 5.91 Å². The lowest BCUT2D eigenvalue weighted by Gasteiger charge is -2.29. The lowest BCUT2D eigenvalue weighted by atomic mass is 10.2. The molecule has 100 valence electrons. The van der Waals surface area contributed by atoms with Crippen LogP contribution in [0, 0.1) is 0 Å². The van der Waals surface area contributed by atoms with E-state index in [1.54, 1.807) is 0 Å². The van der Waals surface area contributed by atoms with Crippen LogP contribution in [-0.2, 0) is 4.79 Å². The smallest absolute Gasteiger partial charge is 0.234 e. The highest BCUT2D eigenvalue weighted by atomic mass is 16.3. The van der Waals surface area contributed by atoms with Crippen molar-refractivity contribution in [1.82, 2.24) is 15.1 Å². The van der Waals surface area contributed by atoms with Crippen molar-refractivity contribution >= 4 is 5.91 Å². The van der Waals surface area contributed by atoms with Crippen molar-refractivity contribution in [2.45, 2.75) is 25.8 Å². The summed E-state index contributed by atoms with van der Waals surface area (Å²) < 4.78 is 0. The summed E-state index contributed by atoms with van der Waals surface area (Å²) in [6.07, 6.45) is 2.18. The molecule has 1 aliphatic heterocycles. The minimum atomic E-state index is 0.00564. The lowest BCUT2D eigenvalue weighted by Crippen LogP contribution is -2.45. The van der Waals surface area contributed by atoms with Gasteiger partial charge < -0.3 is 15.3 Å². The second kappa shape index (κ2) is 7.63. The van der Waals surface area contributed by atoms with E-state index in [-0.39, 0.29) is 12.5 Å². The number of aliphatic hydroxyl groups excluding tert-OH is 1. The summed E-state index contributed by atoms with van der Waals surface area (Å²) in [6.45, 7) is 6.09. The Morgan fingerprint density at radius 2 is 2.24 bits per heavy atom. The molecule has 1 unspecified atom stereocenters. The van der Waals surface area contributed by atoms with E-state index in [2.05, 4.69) is 29.1 Å². The van der Waals surface area contributed by atoms with Crippen molar-refractivity contribution in [3.8, 4) is 0 Å². The molecule has 0 radical (unpaired) electrons. The van der Waals surface area contributed by atoms with Crippen LogP contribution in [0.3, 0.4) is 0 Å². The van der Waals surface area contributed by atoms with Crippen LogP contribution < -0.4 is 5.32 Å². The molecule has 1 fully saturated rings. The van der Waals surface area contributed by atoms with Gasteiger partial charge in [-0.15, -0.1) is 0 Å². The van der Waals surface area contributed by atoms with Gasteiger partial charge in [0.25, 0.3) is 0 Å². The molecule has 1 heterocycles. The molecular weight excluding hydrogens is 218 g/mol. The summed E-state index contributed by atoms with van der Waals surface area (Å²) >= 11 is 0. The average Bonchev–Trinajstić information content (AvgIpc) is 2.48. The monoisotopic (exact) mass is 243 g/mol. The molecule has 1 saturated heterocycles. The van der Waals surface area contributed by atoms with Gasteiger partial charge in [0, 0.05) is 25.7 Å². The van der Waals surface area contributed by atoms with E-state index in [1.165, 1.54) is 0 Å². The molecule has 0 aromatic heterocycles. The number of hydrogen-bond acceptors (Lipinski definition) is 4. The molecule has 17 heavy (non-hydrogen) atoms. The van der Waals surface area contributed by atoms with Crippen LogP contribution >= 0.6 is 0 Å². The normalized spacial score (nSPS) is 23.4. The minimum absolute atomic E-state index is 0.00564. The SMILES string of the molecule is CCC1CN(C)CCCN1CC(=O)NCCO. The maximum Gasteiger partial charge on any atom is 0.234 e. The van der Waals surface area contributed by atoms with Crippen LogP contribution in [0.5, 0.6) is 0 Å². The Morgan fingerprint density at radius 3 is 2.88 bits per heavy atom. The van der Waals surface area contributed by atoms with Gasteiger partial charge in [-0.1, -0.05) is 6.92 Å². The highest BCUT2D eigenvalue weighted by molar-refractivity contribution is 5.78. The third kappa shape index (κ3) is 5.02. The van der Waals surface area contributed by atoms with E-state index >= 15 is 0 Å². The zero-order valence-electron chi connectivity index (χ0n) is 11.0. The zero-order chi connectivity index (χ0) is 12.7. The van der Waals surface area contributed by atoms with Crippen molar-refractivity contribution in [2.75, 3.05) is 46.4 Å². The first-order valence-corrected chi connectivity index (χ1v) is 6.47. The number of nitrogens with zero attached hydrogens (tertiary/aromatic N) is 2. The van der Waals surface area contributed by atoms with Gasteiger partial charge in [-0.25, -0.2) is 0 Å². The predicted octanol–water partition coefficient (Wildman–Crippen LogP) is -0.489. The predicted molar refractivity (Wildman–Crippen MR) is 67.9 cm³/mol. The third-order valence-corrected chi connectivity index (χ3v) is 3.28. The van der Waals surface area contributed by atoms with Crippen molar-refractivity contribution in [1.29, 1.82) is 0 Å². The fourth-order valence-corrected chi connectivity index (χ4v) is 2.32. The molecule has 5 nitrogen and oxygen atoms in total. The first kappa shape index (κ1) is 14.4. The molecule has 0 aliphatic carbocycles. The Bertz CT molecular complexity index is 236. The quantitative estimate of drug-likeness (QED) is 0.684. The number of likely N-dealkylation sites (N-methyl/N-ethyl adjacent to an activating group) is 1. The van der Waals surface area contributed by atoms with E-state index in [4.69, 9.17) is 5.11 Å².